The van der Waals surface area contributed by atoms with Gasteiger partial charge in [0.1, 0.15) is 0 Å². The molecule has 0 aromatic heterocycles. The van der Waals surface area contributed by atoms with Crippen LogP contribution < -0.4 is 0 Å². The largest absolute Gasteiger partial charge is 0.394 e. The second-order valence-electron chi connectivity index (χ2n) is 1.67. The van der Waals surface area contributed by atoms with Gasteiger partial charge in [-0.3, -0.25) is 4.39 Å². The quantitative estimate of drug-likeness (QED) is 0.554. The summed E-state index contributed by atoms with van der Waals surface area (Å²) in [5.74, 6) is 0. The molecule has 3 heteroatoms. The molecule has 2 nitrogen and oxygen atoms in total. The Labute approximate surface area is 48.0 Å². The molecule has 0 heterocycles. The Kier molecular flexibility index (Phi) is 4.90. The fraction of sp³-hybridized carbons (Fsp3) is 1.00. The molecule has 1 atom stereocenters. The highest BCUT2D eigenvalue weighted by Crippen LogP contribution is 1.94. The highest BCUT2D eigenvalue weighted by Gasteiger charge is 1.98. The number of halogens is 1. The molecule has 0 aliphatic carbocycles. The van der Waals surface area contributed by atoms with Gasteiger partial charge in [0.05, 0.1) is 19.4 Å². The van der Waals surface area contributed by atoms with Gasteiger partial charge in [-0.1, -0.05) is 0 Å². The third kappa shape index (κ3) is 4.02. The molecule has 0 rings (SSSR count). The molecule has 0 spiro atoms. The van der Waals surface area contributed by atoms with Crippen LogP contribution in [0, 0.1) is 0 Å². The van der Waals surface area contributed by atoms with Crippen LogP contribution in [0.1, 0.15) is 12.8 Å². The van der Waals surface area contributed by atoms with Gasteiger partial charge >= 0.3 is 0 Å². The Morgan fingerprint density at radius 1 is 1.50 bits per heavy atom. The van der Waals surface area contributed by atoms with E-state index in [9.17, 15) is 4.39 Å². The minimum atomic E-state index is -0.731. The van der Waals surface area contributed by atoms with E-state index in [0.29, 0.717) is 12.8 Å². The van der Waals surface area contributed by atoms with Gasteiger partial charge < -0.3 is 10.2 Å². The molecule has 0 aliphatic heterocycles. The van der Waals surface area contributed by atoms with Crippen molar-refractivity contribution < 1.29 is 14.6 Å². The van der Waals surface area contributed by atoms with Gasteiger partial charge in [0, 0.05) is 0 Å². The zero-order valence-electron chi connectivity index (χ0n) is 4.68. The molecule has 50 valence electrons. The van der Waals surface area contributed by atoms with Crippen LogP contribution in [0.5, 0.6) is 0 Å². The minimum Gasteiger partial charge on any atom is -0.394 e. The second-order valence-corrected chi connectivity index (χ2v) is 1.67. The van der Waals surface area contributed by atoms with Gasteiger partial charge in [0.25, 0.3) is 0 Å². The Balaban J connectivity index is 2.86. The number of aliphatic hydroxyl groups is 2. The van der Waals surface area contributed by atoms with E-state index in [1.54, 1.807) is 0 Å². The van der Waals surface area contributed by atoms with Gasteiger partial charge in [-0.25, -0.2) is 0 Å². The summed E-state index contributed by atoms with van der Waals surface area (Å²) in [4.78, 5) is 0. The number of rotatable bonds is 4. The maximum absolute atomic E-state index is 11.3. The van der Waals surface area contributed by atoms with Gasteiger partial charge in [0.2, 0.25) is 0 Å². The van der Waals surface area contributed by atoms with Crippen LogP contribution in [0.2, 0.25) is 0 Å². The fourth-order valence-electron chi connectivity index (χ4n) is 0.404. The first kappa shape index (κ1) is 7.85. The van der Waals surface area contributed by atoms with E-state index < -0.39 is 12.8 Å². The van der Waals surface area contributed by atoms with E-state index in [0.717, 1.165) is 0 Å². The van der Waals surface area contributed by atoms with Crippen molar-refractivity contribution in [2.45, 2.75) is 18.9 Å². The number of hydrogen-bond donors (Lipinski definition) is 2. The predicted molar refractivity (Wildman–Crippen MR) is 28.3 cm³/mol. The Bertz CT molecular complexity index is 49.7. The molecule has 0 aromatic rings. The second kappa shape index (κ2) is 5.00. The van der Waals surface area contributed by atoms with Crippen LogP contribution in [0.3, 0.4) is 0 Å². The highest BCUT2D eigenvalue weighted by molar-refractivity contribution is 4.50. The third-order valence-electron chi connectivity index (χ3n) is 0.882. The lowest BCUT2D eigenvalue weighted by atomic mass is 10.2. The SMILES string of the molecule is OCC(O)CCCF. The summed E-state index contributed by atoms with van der Waals surface area (Å²) in [6, 6.07) is 0. The number of alkyl halides is 1. The zero-order chi connectivity index (χ0) is 6.41. The Hall–Kier alpha value is -0.150. The van der Waals surface area contributed by atoms with Gasteiger partial charge in [-0.05, 0) is 12.8 Å². The van der Waals surface area contributed by atoms with Crippen LogP contribution in [-0.4, -0.2) is 29.6 Å². The first-order valence-electron chi connectivity index (χ1n) is 2.66. The van der Waals surface area contributed by atoms with E-state index in [1.807, 2.05) is 0 Å². The minimum absolute atomic E-state index is 0.264. The molecule has 0 saturated heterocycles. The summed E-state index contributed by atoms with van der Waals surface area (Å²) >= 11 is 0. The third-order valence-corrected chi connectivity index (χ3v) is 0.882. The lowest BCUT2D eigenvalue weighted by Crippen LogP contribution is -2.11. The molecule has 0 aliphatic rings. The summed E-state index contributed by atoms with van der Waals surface area (Å²) in [5, 5.41) is 16.8. The highest BCUT2D eigenvalue weighted by atomic mass is 19.1. The van der Waals surface area contributed by atoms with Crippen molar-refractivity contribution in [2.75, 3.05) is 13.3 Å². The molecule has 0 fully saturated rings. The van der Waals surface area contributed by atoms with Crippen LogP contribution >= 0.6 is 0 Å². The van der Waals surface area contributed by atoms with Crippen molar-refractivity contribution in [3.05, 3.63) is 0 Å². The van der Waals surface area contributed by atoms with E-state index in [2.05, 4.69) is 0 Å². The molecule has 1 unspecified atom stereocenters. The topological polar surface area (TPSA) is 40.5 Å². The van der Waals surface area contributed by atoms with Crippen molar-refractivity contribution in [3.63, 3.8) is 0 Å². The van der Waals surface area contributed by atoms with E-state index in [4.69, 9.17) is 10.2 Å². The zero-order valence-corrected chi connectivity index (χ0v) is 4.68. The lowest BCUT2D eigenvalue weighted by Gasteiger charge is -2.02. The first-order valence-corrected chi connectivity index (χ1v) is 2.66. The van der Waals surface area contributed by atoms with Crippen molar-refractivity contribution in [3.8, 4) is 0 Å². The average Bonchev–Trinajstić information content (AvgIpc) is 1.83. The van der Waals surface area contributed by atoms with Crippen LogP contribution in [0.15, 0.2) is 0 Å². The van der Waals surface area contributed by atoms with Crippen molar-refractivity contribution in [2.24, 2.45) is 0 Å². The molecule has 0 radical (unpaired) electrons. The monoisotopic (exact) mass is 122 g/mol. The molecular formula is C5H11FO2. The fourth-order valence-corrected chi connectivity index (χ4v) is 0.404. The summed E-state index contributed by atoms with van der Waals surface area (Å²) in [6.45, 7) is -0.683. The predicted octanol–water partition coefficient (Wildman–Crippen LogP) is 0.0893. The van der Waals surface area contributed by atoms with Crippen LogP contribution in [-0.2, 0) is 0 Å². The van der Waals surface area contributed by atoms with Gasteiger partial charge in [0.15, 0.2) is 0 Å². The average molecular weight is 122 g/mol. The summed E-state index contributed by atoms with van der Waals surface area (Å²) in [6.07, 6.45) is -0.0416. The van der Waals surface area contributed by atoms with E-state index >= 15 is 0 Å². The molecular weight excluding hydrogens is 111 g/mol. The first-order chi connectivity index (χ1) is 3.81. The smallest absolute Gasteiger partial charge is 0.0895 e. The molecule has 0 saturated carbocycles. The van der Waals surface area contributed by atoms with Crippen molar-refractivity contribution in [1.82, 2.24) is 0 Å². The van der Waals surface area contributed by atoms with E-state index in [-0.39, 0.29) is 6.61 Å². The Morgan fingerprint density at radius 3 is 2.50 bits per heavy atom. The molecule has 0 bridgehead atoms. The normalized spacial score (nSPS) is 13.9. The van der Waals surface area contributed by atoms with Crippen molar-refractivity contribution >= 4 is 0 Å². The molecule has 8 heavy (non-hydrogen) atoms. The van der Waals surface area contributed by atoms with Crippen molar-refractivity contribution in [1.29, 1.82) is 0 Å². The standard InChI is InChI=1S/C5H11FO2/c6-3-1-2-5(8)4-7/h5,7-8H,1-4H2. The maximum atomic E-state index is 11.3. The maximum Gasteiger partial charge on any atom is 0.0895 e. The van der Waals surface area contributed by atoms with Crippen LogP contribution in [0.4, 0.5) is 4.39 Å². The molecule has 0 aromatic carbocycles. The molecule has 2 N–H and O–H groups in total. The Morgan fingerprint density at radius 2 is 2.12 bits per heavy atom. The van der Waals surface area contributed by atoms with Gasteiger partial charge in [-0.2, -0.15) is 0 Å². The van der Waals surface area contributed by atoms with Crippen LogP contribution in [0.25, 0.3) is 0 Å². The van der Waals surface area contributed by atoms with Gasteiger partial charge in [-0.15, -0.1) is 0 Å². The number of hydrogen-bond acceptors (Lipinski definition) is 2. The lowest BCUT2D eigenvalue weighted by molar-refractivity contribution is 0.0849. The molecule has 0 amide bonds. The summed E-state index contributed by atoms with van der Waals surface area (Å²) in [7, 11) is 0. The summed E-state index contributed by atoms with van der Waals surface area (Å²) in [5.41, 5.74) is 0. The van der Waals surface area contributed by atoms with E-state index in [1.165, 1.54) is 0 Å². The number of aliphatic hydroxyl groups excluding tert-OH is 2. The summed E-state index contributed by atoms with van der Waals surface area (Å²) < 4.78 is 11.3.